The number of imidazole rings is 1. The first-order valence-corrected chi connectivity index (χ1v) is 10.6. The van der Waals surface area contributed by atoms with Crippen molar-refractivity contribution >= 4 is 22.6 Å². The van der Waals surface area contributed by atoms with E-state index < -0.39 is 35.5 Å². The number of nitrogens with one attached hydrogen (secondary N) is 1. The third-order valence-corrected chi connectivity index (χ3v) is 6.46. The van der Waals surface area contributed by atoms with Crippen LogP contribution in [0, 0.1) is 23.5 Å². The van der Waals surface area contributed by atoms with Crippen LogP contribution in [0.5, 0.6) is 0 Å². The fraction of sp³-hybridized carbons (Fsp3) is 0.261. The third kappa shape index (κ3) is 3.17. The van der Waals surface area contributed by atoms with Crippen LogP contribution in [0.4, 0.5) is 27.6 Å². The lowest BCUT2D eigenvalue weighted by molar-refractivity contribution is -0.141. The minimum Gasteiger partial charge on any atom is -0.345 e. The molecule has 1 aliphatic heterocycles. The van der Waals surface area contributed by atoms with E-state index in [9.17, 15) is 18.0 Å². The maximum absolute atomic E-state index is 15.3. The van der Waals surface area contributed by atoms with Crippen LogP contribution in [-0.2, 0) is 11.0 Å². The Hall–Kier alpha value is -3.76. The summed E-state index contributed by atoms with van der Waals surface area (Å²) in [5.74, 6) is -2.64. The molecule has 1 amide bonds. The fourth-order valence-corrected chi connectivity index (χ4v) is 4.70. The molecule has 0 spiro atoms. The molecule has 2 atom stereocenters. The number of carbonyl (C=O) groups is 1. The van der Waals surface area contributed by atoms with E-state index in [0.717, 1.165) is 47.4 Å². The smallest absolute Gasteiger partial charge is 0.345 e. The summed E-state index contributed by atoms with van der Waals surface area (Å²) in [6, 6.07) is 6.82. The number of hydrogen-bond donors (Lipinski definition) is 1. The summed E-state index contributed by atoms with van der Waals surface area (Å²) in [6.07, 6.45) is -0.583. The van der Waals surface area contributed by atoms with Crippen molar-refractivity contribution in [3.63, 3.8) is 0 Å². The summed E-state index contributed by atoms with van der Waals surface area (Å²) in [6.45, 7) is 0. The van der Waals surface area contributed by atoms with Gasteiger partial charge < -0.3 is 9.88 Å². The number of alkyl halides is 3. The first-order chi connectivity index (χ1) is 16.2. The number of β-lactam (4-membered cyclic amide) rings is 1. The molecule has 1 aliphatic carbocycles. The molecule has 0 radical (unpaired) electrons. The Kier molecular flexibility index (Phi) is 4.36. The fourth-order valence-electron chi connectivity index (χ4n) is 4.70. The van der Waals surface area contributed by atoms with Crippen LogP contribution >= 0.6 is 0 Å². The van der Waals surface area contributed by atoms with Gasteiger partial charge in [0.05, 0.1) is 35.0 Å². The zero-order valence-electron chi connectivity index (χ0n) is 17.4. The highest BCUT2D eigenvalue weighted by molar-refractivity contribution is 6.04. The van der Waals surface area contributed by atoms with E-state index in [-0.39, 0.29) is 23.1 Å². The van der Waals surface area contributed by atoms with Crippen LogP contribution in [0.15, 0.2) is 48.9 Å². The van der Waals surface area contributed by atoms with E-state index in [4.69, 9.17) is 0 Å². The minimum atomic E-state index is -4.68. The highest BCUT2D eigenvalue weighted by Crippen LogP contribution is 2.55. The molecule has 2 fully saturated rings. The molecule has 2 aromatic carbocycles. The van der Waals surface area contributed by atoms with Crippen molar-refractivity contribution in [2.24, 2.45) is 11.8 Å². The van der Waals surface area contributed by atoms with E-state index in [0.29, 0.717) is 11.2 Å². The molecule has 0 bridgehead atoms. The Bertz CT molecular complexity index is 1410. The van der Waals surface area contributed by atoms with Crippen molar-refractivity contribution in [2.45, 2.75) is 25.1 Å². The number of aromatic amines is 1. The molecule has 0 unspecified atom stereocenters. The summed E-state index contributed by atoms with van der Waals surface area (Å²) in [7, 11) is 0. The van der Waals surface area contributed by atoms with Crippen LogP contribution in [-0.4, -0.2) is 25.7 Å². The molecular formula is C23H16F5N5O. The molecule has 1 saturated carbocycles. The summed E-state index contributed by atoms with van der Waals surface area (Å²) < 4.78 is 70.0. The van der Waals surface area contributed by atoms with Gasteiger partial charge in [-0.2, -0.15) is 18.3 Å². The average Bonchev–Trinajstić information content (AvgIpc) is 3.26. The van der Waals surface area contributed by atoms with Crippen molar-refractivity contribution in [2.75, 3.05) is 4.90 Å². The minimum absolute atomic E-state index is 0.0433. The molecule has 174 valence electrons. The monoisotopic (exact) mass is 473 g/mol. The van der Waals surface area contributed by atoms with Crippen LogP contribution in [0.1, 0.15) is 30.1 Å². The number of fused-ring (bicyclic) bond motifs is 1. The zero-order valence-corrected chi connectivity index (χ0v) is 17.4. The number of hydrogen-bond acceptors (Lipinski definition) is 3. The van der Waals surface area contributed by atoms with Gasteiger partial charge in [-0.25, -0.2) is 18.4 Å². The van der Waals surface area contributed by atoms with Gasteiger partial charge in [0.1, 0.15) is 11.6 Å². The summed E-state index contributed by atoms with van der Waals surface area (Å²) in [5, 5.41) is 3.38. The van der Waals surface area contributed by atoms with E-state index in [1.807, 2.05) is 0 Å². The van der Waals surface area contributed by atoms with Crippen LogP contribution in [0.25, 0.3) is 16.7 Å². The summed E-state index contributed by atoms with van der Waals surface area (Å²) in [4.78, 5) is 21.5. The Morgan fingerprint density at radius 1 is 1.00 bits per heavy atom. The Morgan fingerprint density at radius 2 is 1.74 bits per heavy atom. The Labute approximate surface area is 189 Å². The number of nitrogens with zero attached hydrogens (tertiary/aromatic N) is 4. The largest absolute Gasteiger partial charge is 0.435 e. The number of amides is 1. The van der Waals surface area contributed by atoms with E-state index in [1.54, 1.807) is 18.2 Å². The zero-order chi connectivity index (χ0) is 23.8. The molecule has 11 heteroatoms. The lowest BCUT2D eigenvalue weighted by Crippen LogP contribution is -2.56. The van der Waals surface area contributed by atoms with Crippen molar-refractivity contribution in [3.05, 3.63) is 71.8 Å². The number of aromatic nitrogens is 4. The number of H-pyrrole nitrogens is 1. The number of halogens is 5. The molecule has 34 heavy (non-hydrogen) atoms. The quantitative estimate of drug-likeness (QED) is 0.329. The molecule has 1 N–H and O–H groups in total. The number of anilines is 1. The van der Waals surface area contributed by atoms with Gasteiger partial charge in [0.15, 0.2) is 5.69 Å². The molecule has 3 heterocycles. The van der Waals surface area contributed by atoms with Gasteiger partial charge in [-0.3, -0.25) is 4.79 Å². The molecule has 1 saturated heterocycles. The average molecular weight is 473 g/mol. The van der Waals surface area contributed by atoms with E-state index in [2.05, 4.69) is 15.1 Å². The normalized spacial score (nSPS) is 20.7. The number of rotatable bonds is 4. The predicted molar refractivity (Wildman–Crippen MR) is 111 cm³/mol. The Balaban J connectivity index is 1.41. The molecule has 2 aliphatic rings. The molecule has 4 aromatic rings. The molecule has 6 rings (SSSR count). The first kappa shape index (κ1) is 20.8. The topological polar surface area (TPSA) is 66.8 Å². The second-order valence-corrected chi connectivity index (χ2v) is 8.59. The van der Waals surface area contributed by atoms with Gasteiger partial charge in [0.25, 0.3) is 0 Å². The SMILES string of the molecule is O=C1[C@H](C2CC2)[C@H](c2c(F)cc(-n3ccc(C(F)(F)F)n3)cc2F)N1c1ccc2[nH]cnc2c1. The maximum atomic E-state index is 15.3. The standard InChI is InChI=1S/C23H16F5N5O/c24-14-7-13(32-6-5-18(31-32)23(26,27)28)8-15(25)20(14)21-19(11-1-2-11)22(34)33(21)12-3-4-16-17(9-12)30-10-29-16/h3-11,19,21H,1-2H2,(H,29,30)/t19-,21-/m1/s1. The number of carbonyl (C=O) groups excluding carboxylic acids is 1. The van der Waals surface area contributed by atoms with Gasteiger partial charge in [-0.15, -0.1) is 0 Å². The number of benzene rings is 2. The van der Waals surface area contributed by atoms with Crippen LogP contribution in [0.3, 0.4) is 0 Å². The van der Waals surface area contributed by atoms with Crippen molar-refractivity contribution in [1.29, 1.82) is 0 Å². The van der Waals surface area contributed by atoms with Crippen molar-refractivity contribution < 1.29 is 26.7 Å². The summed E-state index contributed by atoms with van der Waals surface area (Å²) in [5.41, 5.74) is 0.186. The van der Waals surface area contributed by atoms with Gasteiger partial charge in [0, 0.05) is 29.6 Å². The van der Waals surface area contributed by atoms with Gasteiger partial charge in [-0.1, -0.05) is 0 Å². The van der Waals surface area contributed by atoms with Gasteiger partial charge in [0.2, 0.25) is 5.91 Å². The molecular weight excluding hydrogens is 457 g/mol. The Morgan fingerprint density at radius 3 is 2.38 bits per heavy atom. The van der Waals surface area contributed by atoms with Crippen molar-refractivity contribution in [3.8, 4) is 5.69 Å². The highest BCUT2D eigenvalue weighted by Gasteiger charge is 2.56. The van der Waals surface area contributed by atoms with Gasteiger partial charge >= 0.3 is 6.18 Å². The lowest BCUT2D eigenvalue weighted by Gasteiger charge is -2.48. The van der Waals surface area contributed by atoms with E-state index in [1.165, 1.54) is 11.2 Å². The highest BCUT2D eigenvalue weighted by atomic mass is 19.4. The second kappa shape index (κ2) is 7.12. The third-order valence-electron chi connectivity index (χ3n) is 6.46. The predicted octanol–water partition coefficient (Wildman–Crippen LogP) is 5.16. The maximum Gasteiger partial charge on any atom is 0.435 e. The van der Waals surface area contributed by atoms with E-state index >= 15 is 8.78 Å². The summed E-state index contributed by atoms with van der Waals surface area (Å²) >= 11 is 0. The first-order valence-electron chi connectivity index (χ1n) is 10.6. The van der Waals surface area contributed by atoms with Crippen LogP contribution in [0.2, 0.25) is 0 Å². The molecule has 2 aromatic heterocycles. The lowest BCUT2D eigenvalue weighted by atomic mass is 9.78. The molecule has 6 nitrogen and oxygen atoms in total. The second-order valence-electron chi connectivity index (χ2n) is 8.59. The van der Waals surface area contributed by atoms with Crippen molar-refractivity contribution in [1.82, 2.24) is 19.7 Å². The van der Waals surface area contributed by atoms with Crippen LogP contribution < -0.4 is 4.90 Å². The van der Waals surface area contributed by atoms with Gasteiger partial charge in [-0.05, 0) is 43.0 Å².